The Bertz CT molecular complexity index is 980. The summed E-state index contributed by atoms with van der Waals surface area (Å²) >= 11 is 1.43. The summed E-state index contributed by atoms with van der Waals surface area (Å²) < 4.78 is 0. The molecule has 0 fully saturated rings. The lowest BCUT2D eigenvalue weighted by atomic mass is 10.1. The highest BCUT2D eigenvalue weighted by molar-refractivity contribution is 7.14. The van der Waals surface area contributed by atoms with Crippen LogP contribution in [0, 0.1) is 6.92 Å². The van der Waals surface area contributed by atoms with Gasteiger partial charge in [0.25, 0.3) is 0 Å². The molecule has 0 atom stereocenters. The Labute approximate surface area is 175 Å². The van der Waals surface area contributed by atoms with Crippen molar-refractivity contribution in [3.05, 3.63) is 70.6 Å². The van der Waals surface area contributed by atoms with E-state index in [2.05, 4.69) is 27.8 Å². The van der Waals surface area contributed by atoms with E-state index in [1.54, 1.807) is 0 Å². The largest absolute Gasteiger partial charge is 0.356 e. The molecule has 0 spiro atoms. The second kappa shape index (κ2) is 9.98. The standard InChI is InChI=1S/C23H25N3O2S/c1-16-6-3-4-8-20(16)14-22(28)26-23-25-21(15-29-23)19-11-9-18(10-12-19)7-5-13-24-17(2)27/h3-4,6,8-12,15H,5,7,13-14H2,1-2H3,(H,24,27)(H,25,26,28). The number of carbonyl (C=O) groups excluding carboxylic acids is 2. The molecule has 1 aromatic heterocycles. The molecule has 1 heterocycles. The van der Waals surface area contributed by atoms with E-state index in [-0.39, 0.29) is 11.8 Å². The number of rotatable bonds is 8. The van der Waals surface area contributed by atoms with Gasteiger partial charge < -0.3 is 10.6 Å². The van der Waals surface area contributed by atoms with E-state index in [4.69, 9.17) is 0 Å². The maximum atomic E-state index is 12.3. The highest BCUT2D eigenvalue weighted by Gasteiger charge is 2.10. The van der Waals surface area contributed by atoms with E-state index in [0.29, 0.717) is 18.1 Å². The molecule has 0 aliphatic heterocycles. The van der Waals surface area contributed by atoms with Crippen molar-refractivity contribution in [1.82, 2.24) is 10.3 Å². The highest BCUT2D eigenvalue weighted by Crippen LogP contribution is 2.25. The van der Waals surface area contributed by atoms with Crippen LogP contribution in [0.15, 0.2) is 53.9 Å². The van der Waals surface area contributed by atoms with Gasteiger partial charge in [0.15, 0.2) is 5.13 Å². The molecule has 0 unspecified atom stereocenters. The van der Waals surface area contributed by atoms with E-state index < -0.39 is 0 Å². The molecule has 2 aromatic carbocycles. The normalized spacial score (nSPS) is 10.6. The number of anilines is 1. The van der Waals surface area contributed by atoms with Crippen LogP contribution < -0.4 is 10.6 Å². The Kier molecular flexibility index (Phi) is 7.14. The van der Waals surface area contributed by atoms with Crippen molar-refractivity contribution < 1.29 is 9.59 Å². The minimum absolute atomic E-state index is 0.00526. The zero-order chi connectivity index (χ0) is 20.6. The molecule has 3 rings (SSSR count). The molecule has 2 amide bonds. The van der Waals surface area contributed by atoms with Crippen LogP contribution in [0.1, 0.15) is 30.0 Å². The number of aromatic nitrogens is 1. The summed E-state index contributed by atoms with van der Waals surface area (Å²) in [7, 11) is 0. The van der Waals surface area contributed by atoms with Crippen molar-refractivity contribution >= 4 is 28.3 Å². The third-order valence-corrected chi connectivity index (χ3v) is 5.39. The van der Waals surface area contributed by atoms with Crippen molar-refractivity contribution in [3.63, 3.8) is 0 Å². The van der Waals surface area contributed by atoms with Crippen LogP contribution in [0.25, 0.3) is 11.3 Å². The van der Waals surface area contributed by atoms with Gasteiger partial charge in [0, 0.05) is 24.4 Å². The van der Waals surface area contributed by atoms with Gasteiger partial charge in [-0.3, -0.25) is 9.59 Å². The third-order valence-electron chi connectivity index (χ3n) is 4.63. The second-order valence-electron chi connectivity index (χ2n) is 6.97. The van der Waals surface area contributed by atoms with Crippen LogP contribution in [0.3, 0.4) is 0 Å². The zero-order valence-corrected chi connectivity index (χ0v) is 17.5. The summed E-state index contributed by atoms with van der Waals surface area (Å²) in [4.78, 5) is 27.8. The number of nitrogens with one attached hydrogen (secondary N) is 2. The van der Waals surface area contributed by atoms with Gasteiger partial charge in [0.05, 0.1) is 12.1 Å². The Balaban J connectivity index is 1.54. The predicted octanol–water partition coefficient (Wildman–Crippen LogP) is 4.37. The molecule has 0 aliphatic carbocycles. The molecule has 150 valence electrons. The molecule has 6 heteroatoms. The molecular formula is C23H25N3O2S. The first-order valence-electron chi connectivity index (χ1n) is 9.65. The maximum Gasteiger partial charge on any atom is 0.230 e. The van der Waals surface area contributed by atoms with Gasteiger partial charge >= 0.3 is 0 Å². The lowest BCUT2D eigenvalue weighted by Crippen LogP contribution is -2.21. The molecule has 0 saturated carbocycles. The van der Waals surface area contributed by atoms with Gasteiger partial charge in [0.1, 0.15) is 0 Å². The van der Waals surface area contributed by atoms with Crippen molar-refractivity contribution in [2.45, 2.75) is 33.1 Å². The summed E-state index contributed by atoms with van der Waals surface area (Å²) in [5.41, 5.74) is 5.23. The number of thiazole rings is 1. The van der Waals surface area contributed by atoms with E-state index >= 15 is 0 Å². The fraction of sp³-hybridized carbons (Fsp3) is 0.261. The van der Waals surface area contributed by atoms with Crippen molar-refractivity contribution in [2.75, 3.05) is 11.9 Å². The number of benzene rings is 2. The first kappa shape index (κ1) is 20.7. The molecule has 0 radical (unpaired) electrons. The average Bonchev–Trinajstić information content (AvgIpc) is 3.16. The summed E-state index contributed by atoms with van der Waals surface area (Å²) in [5, 5.41) is 8.27. The highest BCUT2D eigenvalue weighted by atomic mass is 32.1. The Hall–Kier alpha value is -2.99. The van der Waals surface area contributed by atoms with Gasteiger partial charge in [-0.1, -0.05) is 48.5 Å². The van der Waals surface area contributed by atoms with Crippen LogP contribution in [0.5, 0.6) is 0 Å². The number of carbonyl (C=O) groups is 2. The molecule has 0 saturated heterocycles. The van der Waals surface area contributed by atoms with Gasteiger partial charge in [-0.2, -0.15) is 0 Å². The van der Waals surface area contributed by atoms with Crippen LogP contribution in [0.4, 0.5) is 5.13 Å². The summed E-state index contributed by atoms with van der Waals surface area (Å²) in [6, 6.07) is 16.1. The molecule has 5 nitrogen and oxygen atoms in total. The minimum atomic E-state index is -0.0604. The fourth-order valence-electron chi connectivity index (χ4n) is 3.01. The van der Waals surface area contributed by atoms with Gasteiger partial charge in [-0.25, -0.2) is 4.98 Å². The smallest absolute Gasteiger partial charge is 0.230 e. The van der Waals surface area contributed by atoms with Crippen molar-refractivity contribution in [2.24, 2.45) is 0 Å². The van der Waals surface area contributed by atoms with Crippen LogP contribution in [-0.4, -0.2) is 23.3 Å². The lowest BCUT2D eigenvalue weighted by Gasteiger charge is -2.05. The first-order chi connectivity index (χ1) is 14.0. The SMILES string of the molecule is CC(=O)NCCCc1ccc(-c2csc(NC(=O)Cc3ccccc3C)n2)cc1. The second-order valence-corrected chi connectivity index (χ2v) is 7.83. The number of aryl methyl sites for hydroxylation is 2. The number of hydrogen-bond donors (Lipinski definition) is 2. The zero-order valence-electron chi connectivity index (χ0n) is 16.7. The van der Waals surface area contributed by atoms with Crippen LogP contribution in [-0.2, 0) is 22.4 Å². The molecule has 29 heavy (non-hydrogen) atoms. The Morgan fingerprint density at radius 3 is 2.55 bits per heavy atom. The number of nitrogens with zero attached hydrogens (tertiary/aromatic N) is 1. The van der Waals surface area contributed by atoms with Gasteiger partial charge in [0.2, 0.25) is 11.8 Å². The monoisotopic (exact) mass is 407 g/mol. The first-order valence-corrected chi connectivity index (χ1v) is 10.5. The van der Waals surface area contributed by atoms with E-state index in [0.717, 1.165) is 35.2 Å². The van der Waals surface area contributed by atoms with Crippen LogP contribution >= 0.6 is 11.3 Å². The third kappa shape index (κ3) is 6.26. The lowest BCUT2D eigenvalue weighted by molar-refractivity contribution is -0.119. The predicted molar refractivity (Wildman–Crippen MR) is 118 cm³/mol. The molecule has 0 bridgehead atoms. The van der Waals surface area contributed by atoms with E-state index in [1.165, 1.54) is 23.8 Å². The van der Waals surface area contributed by atoms with Crippen molar-refractivity contribution in [1.29, 1.82) is 0 Å². The molecule has 0 aliphatic rings. The van der Waals surface area contributed by atoms with Crippen molar-refractivity contribution in [3.8, 4) is 11.3 Å². The maximum absolute atomic E-state index is 12.3. The number of amides is 2. The summed E-state index contributed by atoms with van der Waals surface area (Å²) in [6.45, 7) is 4.23. The molecule has 2 N–H and O–H groups in total. The molecule has 3 aromatic rings. The van der Waals surface area contributed by atoms with E-state index in [9.17, 15) is 9.59 Å². The van der Waals surface area contributed by atoms with Gasteiger partial charge in [-0.15, -0.1) is 11.3 Å². The average molecular weight is 408 g/mol. The number of hydrogen-bond acceptors (Lipinski definition) is 4. The summed E-state index contributed by atoms with van der Waals surface area (Å²) in [5.74, 6) is -0.0552. The summed E-state index contributed by atoms with van der Waals surface area (Å²) in [6.07, 6.45) is 2.17. The quantitative estimate of drug-likeness (QED) is 0.545. The molecular weight excluding hydrogens is 382 g/mol. The van der Waals surface area contributed by atoms with Crippen LogP contribution in [0.2, 0.25) is 0 Å². The Morgan fingerprint density at radius 1 is 1.07 bits per heavy atom. The van der Waals surface area contributed by atoms with E-state index in [1.807, 2.05) is 48.7 Å². The minimum Gasteiger partial charge on any atom is -0.356 e. The van der Waals surface area contributed by atoms with Gasteiger partial charge in [-0.05, 0) is 36.5 Å². The Morgan fingerprint density at radius 2 is 1.83 bits per heavy atom. The topological polar surface area (TPSA) is 71.1 Å². The fourth-order valence-corrected chi connectivity index (χ4v) is 3.74.